The molecule has 1 aromatic heterocycles. The zero-order valence-corrected chi connectivity index (χ0v) is 11.8. The molecule has 0 radical (unpaired) electrons. The predicted molar refractivity (Wildman–Crippen MR) is 70.1 cm³/mol. The van der Waals surface area contributed by atoms with E-state index >= 15 is 0 Å². The summed E-state index contributed by atoms with van der Waals surface area (Å²) in [6, 6.07) is 2.05. The van der Waals surface area contributed by atoms with E-state index in [-0.39, 0.29) is 5.97 Å². The third-order valence-corrected chi connectivity index (χ3v) is 2.68. The summed E-state index contributed by atoms with van der Waals surface area (Å²) >= 11 is 0. The van der Waals surface area contributed by atoms with E-state index in [1.165, 1.54) is 0 Å². The van der Waals surface area contributed by atoms with Crippen LogP contribution in [0.15, 0.2) is 6.07 Å². The van der Waals surface area contributed by atoms with Crippen LogP contribution >= 0.6 is 0 Å². The van der Waals surface area contributed by atoms with E-state index in [4.69, 9.17) is 4.74 Å². The standard InChI is InChI=1S/C13H23N3O2/c1-5-7-16(10-13(17)18-6-2)9-12-8-11(3)14-15(12)4/h8H,5-7,9-10H2,1-4H3. The van der Waals surface area contributed by atoms with Crippen molar-refractivity contribution in [1.82, 2.24) is 14.7 Å². The monoisotopic (exact) mass is 253 g/mol. The number of hydrogen-bond acceptors (Lipinski definition) is 4. The number of carbonyl (C=O) groups is 1. The van der Waals surface area contributed by atoms with E-state index in [2.05, 4.69) is 16.9 Å². The van der Waals surface area contributed by atoms with E-state index in [1.807, 2.05) is 31.6 Å². The predicted octanol–water partition coefficient (Wildman–Crippen LogP) is 1.50. The van der Waals surface area contributed by atoms with Gasteiger partial charge in [0.25, 0.3) is 0 Å². The molecule has 0 aliphatic heterocycles. The molecule has 5 heteroatoms. The Morgan fingerprint density at radius 2 is 2.22 bits per heavy atom. The van der Waals surface area contributed by atoms with Crippen molar-refractivity contribution in [2.24, 2.45) is 7.05 Å². The molecule has 0 unspecified atom stereocenters. The molecule has 0 N–H and O–H groups in total. The Hall–Kier alpha value is -1.36. The molecule has 1 aromatic rings. The number of ether oxygens (including phenoxy) is 1. The normalized spacial score (nSPS) is 10.9. The van der Waals surface area contributed by atoms with E-state index in [0.717, 1.165) is 30.9 Å². The molecular weight excluding hydrogens is 230 g/mol. The molecule has 0 fully saturated rings. The van der Waals surface area contributed by atoms with E-state index < -0.39 is 0 Å². The number of esters is 1. The number of aromatic nitrogens is 2. The second-order valence-corrected chi connectivity index (χ2v) is 4.42. The van der Waals surface area contributed by atoms with Crippen molar-refractivity contribution in [3.05, 3.63) is 17.5 Å². The smallest absolute Gasteiger partial charge is 0.320 e. The Morgan fingerprint density at radius 3 is 2.72 bits per heavy atom. The Kier molecular flexibility index (Phi) is 5.85. The second kappa shape index (κ2) is 7.16. The van der Waals surface area contributed by atoms with Gasteiger partial charge in [0.05, 0.1) is 24.5 Å². The van der Waals surface area contributed by atoms with Gasteiger partial charge >= 0.3 is 5.97 Å². The van der Waals surface area contributed by atoms with Gasteiger partial charge in [0.2, 0.25) is 0 Å². The van der Waals surface area contributed by atoms with Gasteiger partial charge in [0.1, 0.15) is 0 Å². The molecule has 0 aliphatic carbocycles. The van der Waals surface area contributed by atoms with Crippen molar-refractivity contribution < 1.29 is 9.53 Å². The molecular formula is C13H23N3O2. The molecule has 18 heavy (non-hydrogen) atoms. The van der Waals surface area contributed by atoms with Crippen molar-refractivity contribution in [2.45, 2.75) is 33.7 Å². The van der Waals surface area contributed by atoms with Crippen LogP contribution in [0.4, 0.5) is 0 Å². The van der Waals surface area contributed by atoms with Gasteiger partial charge in [-0.15, -0.1) is 0 Å². The Bertz CT molecular complexity index is 388. The second-order valence-electron chi connectivity index (χ2n) is 4.42. The van der Waals surface area contributed by atoms with Gasteiger partial charge < -0.3 is 4.74 Å². The van der Waals surface area contributed by atoms with Crippen LogP contribution < -0.4 is 0 Å². The molecule has 5 nitrogen and oxygen atoms in total. The van der Waals surface area contributed by atoms with Crippen molar-refractivity contribution in [3.8, 4) is 0 Å². The summed E-state index contributed by atoms with van der Waals surface area (Å²) in [5.74, 6) is -0.162. The van der Waals surface area contributed by atoms with Crippen LogP contribution in [0.5, 0.6) is 0 Å². The average molecular weight is 253 g/mol. The SMILES string of the molecule is CCCN(CC(=O)OCC)Cc1cc(C)nn1C. The van der Waals surface area contributed by atoms with Crippen molar-refractivity contribution in [1.29, 1.82) is 0 Å². The fraction of sp³-hybridized carbons (Fsp3) is 0.692. The summed E-state index contributed by atoms with van der Waals surface area (Å²) < 4.78 is 6.85. The minimum atomic E-state index is -0.162. The van der Waals surface area contributed by atoms with Gasteiger partial charge in [-0.05, 0) is 32.9 Å². The van der Waals surface area contributed by atoms with Crippen LogP contribution in [0, 0.1) is 6.92 Å². The number of nitrogens with zero attached hydrogens (tertiary/aromatic N) is 3. The van der Waals surface area contributed by atoms with Crippen LogP contribution in [0.25, 0.3) is 0 Å². The lowest BCUT2D eigenvalue weighted by Gasteiger charge is -2.20. The lowest BCUT2D eigenvalue weighted by atomic mass is 10.3. The molecule has 0 aliphatic rings. The number of hydrogen-bond donors (Lipinski definition) is 0. The maximum absolute atomic E-state index is 11.5. The van der Waals surface area contributed by atoms with Gasteiger partial charge in [0, 0.05) is 13.6 Å². The third kappa shape index (κ3) is 4.49. The van der Waals surface area contributed by atoms with E-state index in [1.54, 1.807) is 0 Å². The first-order chi connectivity index (χ1) is 8.56. The molecule has 0 aromatic carbocycles. The minimum Gasteiger partial charge on any atom is -0.465 e. The topological polar surface area (TPSA) is 47.4 Å². The maximum atomic E-state index is 11.5. The lowest BCUT2D eigenvalue weighted by molar-refractivity contribution is -0.144. The van der Waals surface area contributed by atoms with Crippen LogP contribution in [0.2, 0.25) is 0 Å². The highest BCUT2D eigenvalue weighted by atomic mass is 16.5. The largest absolute Gasteiger partial charge is 0.465 e. The van der Waals surface area contributed by atoms with Crippen molar-refractivity contribution in [2.75, 3.05) is 19.7 Å². The highest BCUT2D eigenvalue weighted by Gasteiger charge is 2.13. The number of rotatable bonds is 7. The maximum Gasteiger partial charge on any atom is 0.320 e. The fourth-order valence-corrected chi connectivity index (χ4v) is 1.96. The lowest BCUT2D eigenvalue weighted by Crippen LogP contribution is -2.32. The zero-order chi connectivity index (χ0) is 13.5. The summed E-state index contributed by atoms with van der Waals surface area (Å²) in [4.78, 5) is 13.6. The van der Waals surface area contributed by atoms with Gasteiger partial charge in [0.15, 0.2) is 0 Å². The first-order valence-corrected chi connectivity index (χ1v) is 6.44. The Balaban J connectivity index is 2.62. The molecule has 0 atom stereocenters. The number of carbonyl (C=O) groups excluding carboxylic acids is 1. The zero-order valence-electron chi connectivity index (χ0n) is 11.8. The molecule has 0 spiro atoms. The van der Waals surface area contributed by atoms with Crippen LogP contribution in [-0.2, 0) is 23.1 Å². The summed E-state index contributed by atoms with van der Waals surface area (Å²) in [6.07, 6.45) is 1.01. The van der Waals surface area contributed by atoms with Gasteiger partial charge in [-0.1, -0.05) is 6.92 Å². The molecule has 1 rings (SSSR count). The average Bonchev–Trinajstić information content (AvgIpc) is 2.58. The number of aryl methyl sites for hydroxylation is 2. The Labute approximate surface area is 109 Å². The van der Waals surface area contributed by atoms with Crippen molar-refractivity contribution in [3.63, 3.8) is 0 Å². The third-order valence-electron chi connectivity index (χ3n) is 2.68. The quantitative estimate of drug-likeness (QED) is 0.691. The van der Waals surface area contributed by atoms with Gasteiger partial charge in [-0.25, -0.2) is 0 Å². The van der Waals surface area contributed by atoms with Crippen LogP contribution in [-0.4, -0.2) is 40.3 Å². The van der Waals surface area contributed by atoms with Crippen molar-refractivity contribution >= 4 is 5.97 Å². The Morgan fingerprint density at radius 1 is 1.50 bits per heavy atom. The molecule has 0 amide bonds. The minimum absolute atomic E-state index is 0.162. The first kappa shape index (κ1) is 14.7. The van der Waals surface area contributed by atoms with Gasteiger partial charge in [-0.2, -0.15) is 5.10 Å². The summed E-state index contributed by atoms with van der Waals surface area (Å²) in [5, 5.41) is 4.31. The van der Waals surface area contributed by atoms with Gasteiger partial charge in [-0.3, -0.25) is 14.4 Å². The van der Waals surface area contributed by atoms with Crippen LogP contribution in [0.1, 0.15) is 31.7 Å². The van der Waals surface area contributed by atoms with E-state index in [0.29, 0.717) is 13.2 Å². The summed E-state index contributed by atoms with van der Waals surface area (Å²) in [7, 11) is 1.93. The van der Waals surface area contributed by atoms with E-state index in [9.17, 15) is 4.79 Å². The van der Waals surface area contributed by atoms with Crippen LogP contribution in [0.3, 0.4) is 0 Å². The molecule has 1 heterocycles. The highest BCUT2D eigenvalue weighted by molar-refractivity contribution is 5.71. The molecule has 0 bridgehead atoms. The summed E-state index contributed by atoms with van der Waals surface area (Å²) in [5.41, 5.74) is 2.12. The molecule has 0 saturated carbocycles. The molecule has 0 saturated heterocycles. The summed E-state index contributed by atoms with van der Waals surface area (Å²) in [6.45, 7) is 8.28. The highest BCUT2D eigenvalue weighted by Crippen LogP contribution is 2.07. The fourth-order valence-electron chi connectivity index (χ4n) is 1.96. The first-order valence-electron chi connectivity index (χ1n) is 6.44. The molecule has 102 valence electrons.